The van der Waals surface area contributed by atoms with Crippen molar-refractivity contribution in [2.75, 3.05) is 19.8 Å². The Kier molecular flexibility index (Phi) is 7.26. The van der Waals surface area contributed by atoms with E-state index in [1.54, 1.807) is 0 Å². The summed E-state index contributed by atoms with van der Waals surface area (Å²) in [4.78, 5) is 0. The van der Waals surface area contributed by atoms with Gasteiger partial charge in [-0.1, -0.05) is 32.9 Å². The topological polar surface area (TPSA) is 30.5 Å². The maximum atomic E-state index is 5.85. The smallest absolute Gasteiger partial charge is 0.161 e. The SMILES string of the molecule is CCCOc1ccccc1OCC(CC)NCC. The number of likely N-dealkylation sites (N-methyl/N-ethyl adjacent to an activating group) is 1. The Labute approximate surface area is 110 Å². The van der Waals surface area contributed by atoms with Crippen molar-refractivity contribution < 1.29 is 9.47 Å². The number of nitrogens with one attached hydrogen (secondary N) is 1. The molecule has 0 heterocycles. The van der Waals surface area contributed by atoms with Gasteiger partial charge < -0.3 is 14.8 Å². The molecular formula is C15H25NO2. The molecule has 3 heteroatoms. The van der Waals surface area contributed by atoms with Crippen LogP contribution in [-0.4, -0.2) is 25.8 Å². The molecule has 18 heavy (non-hydrogen) atoms. The van der Waals surface area contributed by atoms with Crippen molar-refractivity contribution >= 4 is 0 Å². The van der Waals surface area contributed by atoms with Gasteiger partial charge in [0.1, 0.15) is 6.61 Å². The number of ether oxygens (including phenoxy) is 2. The minimum absolute atomic E-state index is 0.397. The molecule has 0 bridgehead atoms. The lowest BCUT2D eigenvalue weighted by Crippen LogP contribution is -2.33. The van der Waals surface area contributed by atoms with E-state index in [2.05, 4.69) is 26.1 Å². The van der Waals surface area contributed by atoms with Gasteiger partial charge in [-0.3, -0.25) is 0 Å². The van der Waals surface area contributed by atoms with Crippen LogP contribution in [0.4, 0.5) is 0 Å². The van der Waals surface area contributed by atoms with Crippen LogP contribution in [0.5, 0.6) is 11.5 Å². The molecule has 1 N–H and O–H groups in total. The molecule has 0 aliphatic heterocycles. The molecule has 0 saturated heterocycles. The number of hydrogen-bond donors (Lipinski definition) is 1. The van der Waals surface area contributed by atoms with E-state index in [0.717, 1.165) is 37.5 Å². The summed E-state index contributed by atoms with van der Waals surface area (Å²) < 4.78 is 11.5. The number of para-hydroxylation sites is 2. The van der Waals surface area contributed by atoms with Crippen molar-refractivity contribution in [3.8, 4) is 11.5 Å². The monoisotopic (exact) mass is 251 g/mol. The second kappa shape index (κ2) is 8.81. The fraction of sp³-hybridized carbons (Fsp3) is 0.600. The fourth-order valence-corrected chi connectivity index (χ4v) is 1.70. The lowest BCUT2D eigenvalue weighted by molar-refractivity contribution is 0.239. The molecule has 0 aliphatic rings. The van der Waals surface area contributed by atoms with Crippen molar-refractivity contribution in [1.82, 2.24) is 5.32 Å². The highest BCUT2D eigenvalue weighted by Gasteiger charge is 2.08. The minimum atomic E-state index is 0.397. The first-order valence-electron chi connectivity index (χ1n) is 6.89. The van der Waals surface area contributed by atoms with Crippen molar-refractivity contribution in [3.63, 3.8) is 0 Å². The largest absolute Gasteiger partial charge is 0.490 e. The van der Waals surface area contributed by atoms with Crippen LogP contribution in [0.3, 0.4) is 0 Å². The second-order valence-corrected chi connectivity index (χ2v) is 4.27. The van der Waals surface area contributed by atoms with Crippen LogP contribution in [-0.2, 0) is 0 Å². The Hall–Kier alpha value is -1.22. The van der Waals surface area contributed by atoms with Crippen LogP contribution in [0.2, 0.25) is 0 Å². The molecule has 0 spiro atoms. The average Bonchev–Trinajstić information content (AvgIpc) is 2.42. The average molecular weight is 251 g/mol. The summed E-state index contributed by atoms with van der Waals surface area (Å²) in [5, 5.41) is 3.40. The molecule has 0 aromatic heterocycles. The Morgan fingerprint density at radius 2 is 1.72 bits per heavy atom. The van der Waals surface area contributed by atoms with E-state index in [-0.39, 0.29) is 0 Å². The Morgan fingerprint density at radius 3 is 2.28 bits per heavy atom. The summed E-state index contributed by atoms with van der Waals surface area (Å²) in [6.07, 6.45) is 2.06. The van der Waals surface area contributed by atoms with E-state index in [1.165, 1.54) is 0 Å². The zero-order valence-corrected chi connectivity index (χ0v) is 11.7. The number of benzene rings is 1. The maximum Gasteiger partial charge on any atom is 0.161 e. The molecule has 0 aliphatic carbocycles. The summed E-state index contributed by atoms with van der Waals surface area (Å²) in [6.45, 7) is 8.75. The van der Waals surface area contributed by atoms with Crippen LogP contribution < -0.4 is 14.8 Å². The van der Waals surface area contributed by atoms with E-state index in [1.807, 2.05) is 24.3 Å². The summed E-state index contributed by atoms with van der Waals surface area (Å²) >= 11 is 0. The van der Waals surface area contributed by atoms with Crippen molar-refractivity contribution in [1.29, 1.82) is 0 Å². The molecule has 1 unspecified atom stereocenters. The predicted octanol–water partition coefficient (Wildman–Crippen LogP) is 3.24. The summed E-state index contributed by atoms with van der Waals surface area (Å²) in [7, 11) is 0. The van der Waals surface area contributed by atoms with Crippen molar-refractivity contribution in [2.24, 2.45) is 0 Å². The Morgan fingerprint density at radius 1 is 1.06 bits per heavy atom. The maximum absolute atomic E-state index is 5.85. The molecule has 3 nitrogen and oxygen atoms in total. The van der Waals surface area contributed by atoms with Gasteiger partial charge in [0.05, 0.1) is 6.61 Å². The zero-order chi connectivity index (χ0) is 13.2. The molecule has 102 valence electrons. The Bertz CT molecular complexity index is 328. The van der Waals surface area contributed by atoms with E-state index >= 15 is 0 Å². The van der Waals surface area contributed by atoms with Crippen LogP contribution in [0.25, 0.3) is 0 Å². The van der Waals surface area contributed by atoms with Crippen LogP contribution in [0.15, 0.2) is 24.3 Å². The first-order valence-corrected chi connectivity index (χ1v) is 6.89. The van der Waals surface area contributed by atoms with Gasteiger partial charge in [0.2, 0.25) is 0 Å². The molecule has 1 aromatic rings. The molecule has 1 aromatic carbocycles. The summed E-state index contributed by atoms with van der Waals surface area (Å²) in [5.41, 5.74) is 0. The van der Waals surface area contributed by atoms with Gasteiger partial charge in [0.15, 0.2) is 11.5 Å². The van der Waals surface area contributed by atoms with Gasteiger partial charge in [-0.2, -0.15) is 0 Å². The molecule has 0 amide bonds. The number of hydrogen-bond acceptors (Lipinski definition) is 3. The Balaban J connectivity index is 2.54. The molecule has 0 radical (unpaired) electrons. The van der Waals surface area contributed by atoms with Gasteiger partial charge in [0.25, 0.3) is 0 Å². The first-order chi connectivity index (χ1) is 8.81. The van der Waals surface area contributed by atoms with E-state index in [9.17, 15) is 0 Å². The van der Waals surface area contributed by atoms with Gasteiger partial charge >= 0.3 is 0 Å². The van der Waals surface area contributed by atoms with Crippen LogP contribution in [0.1, 0.15) is 33.6 Å². The lowest BCUT2D eigenvalue weighted by atomic mass is 10.2. The molecule has 0 fully saturated rings. The predicted molar refractivity (Wildman–Crippen MR) is 75.5 cm³/mol. The van der Waals surface area contributed by atoms with Gasteiger partial charge in [0, 0.05) is 6.04 Å². The van der Waals surface area contributed by atoms with E-state index in [0.29, 0.717) is 12.6 Å². The highest BCUT2D eigenvalue weighted by molar-refractivity contribution is 5.39. The molecule has 1 rings (SSSR count). The fourth-order valence-electron chi connectivity index (χ4n) is 1.70. The third-order valence-corrected chi connectivity index (χ3v) is 2.74. The van der Waals surface area contributed by atoms with Crippen LogP contribution >= 0.6 is 0 Å². The summed E-state index contributed by atoms with van der Waals surface area (Å²) in [6, 6.07) is 8.26. The number of rotatable bonds is 9. The second-order valence-electron chi connectivity index (χ2n) is 4.27. The molecule has 1 atom stereocenters. The lowest BCUT2D eigenvalue weighted by Gasteiger charge is -2.18. The zero-order valence-electron chi connectivity index (χ0n) is 11.7. The van der Waals surface area contributed by atoms with Crippen molar-refractivity contribution in [3.05, 3.63) is 24.3 Å². The highest BCUT2D eigenvalue weighted by Crippen LogP contribution is 2.26. The van der Waals surface area contributed by atoms with Gasteiger partial charge in [-0.15, -0.1) is 0 Å². The highest BCUT2D eigenvalue weighted by atomic mass is 16.5. The van der Waals surface area contributed by atoms with Crippen molar-refractivity contribution in [2.45, 2.75) is 39.7 Å². The molecule has 0 saturated carbocycles. The standard InChI is InChI=1S/C15H25NO2/c1-4-11-17-14-9-7-8-10-15(14)18-12-13(5-2)16-6-3/h7-10,13,16H,4-6,11-12H2,1-3H3. The summed E-state index contributed by atoms with van der Waals surface area (Å²) in [5.74, 6) is 1.67. The normalized spacial score (nSPS) is 12.2. The van der Waals surface area contributed by atoms with Crippen LogP contribution in [0, 0.1) is 0 Å². The minimum Gasteiger partial charge on any atom is -0.490 e. The third-order valence-electron chi connectivity index (χ3n) is 2.74. The quantitative estimate of drug-likeness (QED) is 0.731. The first kappa shape index (κ1) is 14.8. The van der Waals surface area contributed by atoms with E-state index in [4.69, 9.17) is 9.47 Å². The molecular weight excluding hydrogens is 226 g/mol. The van der Waals surface area contributed by atoms with E-state index < -0.39 is 0 Å². The van der Waals surface area contributed by atoms with Gasteiger partial charge in [-0.25, -0.2) is 0 Å². The van der Waals surface area contributed by atoms with Gasteiger partial charge in [-0.05, 0) is 31.5 Å². The third kappa shape index (κ3) is 4.96.